The van der Waals surface area contributed by atoms with Gasteiger partial charge in [0, 0.05) is 35.1 Å². The van der Waals surface area contributed by atoms with Crippen LogP contribution in [0.3, 0.4) is 0 Å². The summed E-state index contributed by atoms with van der Waals surface area (Å²) in [6.07, 6.45) is 1.25. The number of nitrogens with zero attached hydrogens (tertiary/aromatic N) is 3. The number of aromatic nitrogens is 3. The Bertz CT molecular complexity index is 1440. The van der Waals surface area contributed by atoms with Crippen LogP contribution in [0.5, 0.6) is 5.75 Å². The van der Waals surface area contributed by atoms with Gasteiger partial charge in [-0.25, -0.2) is 4.79 Å². The number of benzene rings is 2. The van der Waals surface area contributed by atoms with Crippen LogP contribution in [0, 0.1) is 13.8 Å². The van der Waals surface area contributed by atoms with Crippen molar-refractivity contribution >= 4 is 16.9 Å². The number of carbonyl (C=O) groups excluding carboxylic acids is 1. The lowest BCUT2D eigenvalue weighted by molar-refractivity contribution is 0.0523. The van der Waals surface area contributed by atoms with E-state index >= 15 is 0 Å². The van der Waals surface area contributed by atoms with Crippen LogP contribution < -0.4 is 15.6 Å². The van der Waals surface area contributed by atoms with Gasteiger partial charge >= 0.3 is 6.09 Å². The Labute approximate surface area is 204 Å². The number of rotatable bonds is 5. The molecule has 4 aromatic rings. The predicted octanol–water partition coefficient (Wildman–Crippen LogP) is 4.83. The molecule has 2 heterocycles. The van der Waals surface area contributed by atoms with Crippen LogP contribution in [0.25, 0.3) is 22.1 Å². The fourth-order valence-electron chi connectivity index (χ4n) is 4.13. The summed E-state index contributed by atoms with van der Waals surface area (Å²) in [4.78, 5) is 25.4. The smallest absolute Gasteiger partial charge is 0.407 e. The third-order valence-corrected chi connectivity index (χ3v) is 5.73. The number of methoxy groups -OCH3 is 1. The molecule has 0 aliphatic rings. The monoisotopic (exact) mass is 474 g/mol. The second kappa shape index (κ2) is 9.29. The van der Waals surface area contributed by atoms with Crippen LogP contribution >= 0.6 is 0 Å². The molecular formula is C27H30N4O4. The van der Waals surface area contributed by atoms with E-state index in [0.29, 0.717) is 17.6 Å². The van der Waals surface area contributed by atoms with Gasteiger partial charge in [-0.15, -0.1) is 0 Å². The quantitative estimate of drug-likeness (QED) is 0.448. The number of hydrogen-bond acceptors (Lipinski definition) is 5. The first kappa shape index (κ1) is 24.1. The first-order chi connectivity index (χ1) is 16.6. The molecule has 0 fully saturated rings. The third kappa shape index (κ3) is 4.91. The van der Waals surface area contributed by atoms with Crippen molar-refractivity contribution in [3.05, 3.63) is 82.0 Å². The first-order valence-corrected chi connectivity index (χ1v) is 11.4. The van der Waals surface area contributed by atoms with Crippen molar-refractivity contribution in [3.8, 4) is 17.1 Å². The minimum Gasteiger partial charge on any atom is -0.497 e. The van der Waals surface area contributed by atoms with Crippen LogP contribution in [-0.4, -0.2) is 33.2 Å². The van der Waals surface area contributed by atoms with Gasteiger partial charge in [-0.3, -0.25) is 4.79 Å². The maximum Gasteiger partial charge on any atom is 0.407 e. The van der Waals surface area contributed by atoms with Crippen molar-refractivity contribution in [2.75, 3.05) is 7.11 Å². The number of fused-ring (bicyclic) bond motifs is 1. The molecule has 35 heavy (non-hydrogen) atoms. The highest BCUT2D eigenvalue weighted by Gasteiger charge is 2.19. The van der Waals surface area contributed by atoms with E-state index in [0.717, 1.165) is 33.8 Å². The van der Waals surface area contributed by atoms with Gasteiger partial charge in [-0.2, -0.15) is 9.78 Å². The molecule has 182 valence electrons. The summed E-state index contributed by atoms with van der Waals surface area (Å²) in [5.41, 5.74) is 3.47. The highest BCUT2D eigenvalue weighted by atomic mass is 16.6. The number of ether oxygens (including phenoxy) is 2. The predicted molar refractivity (Wildman–Crippen MR) is 136 cm³/mol. The molecule has 0 bridgehead atoms. The summed E-state index contributed by atoms with van der Waals surface area (Å²) in [6, 6.07) is 15.1. The van der Waals surface area contributed by atoms with Gasteiger partial charge in [0.2, 0.25) is 0 Å². The highest BCUT2D eigenvalue weighted by molar-refractivity contribution is 5.88. The van der Waals surface area contributed by atoms with Crippen molar-refractivity contribution in [2.45, 2.75) is 46.8 Å². The molecule has 0 saturated heterocycles. The lowest BCUT2D eigenvalue weighted by Crippen LogP contribution is -2.32. The maximum absolute atomic E-state index is 13.5. The third-order valence-electron chi connectivity index (χ3n) is 5.73. The highest BCUT2D eigenvalue weighted by Crippen LogP contribution is 2.28. The Morgan fingerprint density at radius 1 is 1.03 bits per heavy atom. The molecular weight excluding hydrogens is 444 g/mol. The van der Waals surface area contributed by atoms with E-state index in [1.165, 1.54) is 4.68 Å². The second-order valence-corrected chi connectivity index (χ2v) is 9.38. The van der Waals surface area contributed by atoms with Crippen LogP contribution in [0.4, 0.5) is 4.79 Å². The number of nitrogens with one attached hydrogen (secondary N) is 1. The average Bonchev–Trinajstić information content (AvgIpc) is 3.07. The van der Waals surface area contributed by atoms with E-state index < -0.39 is 11.7 Å². The number of amides is 1. The number of hydrogen-bond donors (Lipinski definition) is 1. The first-order valence-electron chi connectivity index (χ1n) is 11.4. The fourth-order valence-corrected chi connectivity index (χ4v) is 4.13. The second-order valence-electron chi connectivity index (χ2n) is 9.38. The summed E-state index contributed by atoms with van der Waals surface area (Å²) in [6.45, 7) is 9.68. The minimum atomic E-state index is -0.554. The molecule has 2 aromatic carbocycles. The van der Waals surface area contributed by atoms with Gasteiger partial charge in [-0.1, -0.05) is 18.2 Å². The zero-order valence-corrected chi connectivity index (χ0v) is 20.9. The summed E-state index contributed by atoms with van der Waals surface area (Å²) in [7, 11) is 1.63. The Balaban J connectivity index is 1.64. The molecule has 0 unspecified atom stereocenters. The standard InChI is InChI=1S/C27H30N4O4/c1-17-23-16-29-31(20-12-10-19(11-13-20)15-28-26(33)35-27(3,4)5)25(32)24(23)18(2)30(17)21-8-7-9-22(14-21)34-6/h7-14,16H,15H2,1-6H3,(H,28,33). The normalized spacial score (nSPS) is 11.5. The summed E-state index contributed by atoms with van der Waals surface area (Å²) >= 11 is 0. The van der Waals surface area contributed by atoms with Gasteiger partial charge in [0.25, 0.3) is 5.56 Å². The van der Waals surface area contributed by atoms with Gasteiger partial charge in [0.05, 0.1) is 24.4 Å². The van der Waals surface area contributed by atoms with Gasteiger partial charge in [0.1, 0.15) is 11.4 Å². The van der Waals surface area contributed by atoms with E-state index in [-0.39, 0.29) is 5.56 Å². The van der Waals surface area contributed by atoms with E-state index in [4.69, 9.17) is 9.47 Å². The minimum absolute atomic E-state index is 0.190. The Hall–Kier alpha value is -4.07. The zero-order chi connectivity index (χ0) is 25.3. The van der Waals surface area contributed by atoms with Crippen LogP contribution in [0.15, 0.2) is 59.5 Å². The number of carbonyl (C=O) groups is 1. The molecule has 0 atom stereocenters. The van der Waals surface area contributed by atoms with E-state index in [1.54, 1.807) is 13.3 Å². The Kier molecular flexibility index (Phi) is 6.39. The van der Waals surface area contributed by atoms with Gasteiger partial charge in [0.15, 0.2) is 0 Å². The SMILES string of the molecule is COc1cccc(-n2c(C)c3cnn(-c4ccc(CNC(=O)OC(C)(C)C)cc4)c(=O)c3c2C)c1. The Morgan fingerprint density at radius 3 is 2.40 bits per heavy atom. The topological polar surface area (TPSA) is 87.4 Å². The largest absolute Gasteiger partial charge is 0.497 e. The van der Waals surface area contributed by atoms with Gasteiger partial charge < -0.3 is 19.4 Å². The van der Waals surface area contributed by atoms with E-state index in [9.17, 15) is 9.59 Å². The van der Waals surface area contributed by atoms with Crippen molar-refractivity contribution < 1.29 is 14.3 Å². The molecule has 8 nitrogen and oxygen atoms in total. The molecule has 8 heteroatoms. The Morgan fingerprint density at radius 2 is 1.74 bits per heavy atom. The molecule has 0 aliphatic carbocycles. The van der Waals surface area contributed by atoms with E-state index in [2.05, 4.69) is 10.4 Å². The summed E-state index contributed by atoms with van der Waals surface area (Å²) < 4.78 is 14.1. The van der Waals surface area contributed by atoms with Crippen molar-refractivity contribution in [3.63, 3.8) is 0 Å². The van der Waals surface area contributed by atoms with Gasteiger partial charge in [-0.05, 0) is 64.4 Å². The number of alkyl carbamates (subject to hydrolysis) is 1. The maximum atomic E-state index is 13.5. The fraction of sp³-hybridized carbons (Fsp3) is 0.296. The van der Waals surface area contributed by atoms with Crippen LogP contribution in [-0.2, 0) is 11.3 Å². The number of aryl methyl sites for hydroxylation is 2. The molecule has 4 rings (SSSR count). The molecule has 1 amide bonds. The zero-order valence-electron chi connectivity index (χ0n) is 20.9. The average molecular weight is 475 g/mol. The van der Waals surface area contributed by atoms with Crippen molar-refractivity contribution in [1.82, 2.24) is 19.7 Å². The van der Waals surface area contributed by atoms with Crippen molar-refractivity contribution in [2.24, 2.45) is 0 Å². The molecule has 1 N–H and O–H groups in total. The molecule has 0 radical (unpaired) electrons. The summed E-state index contributed by atoms with van der Waals surface area (Å²) in [5, 5.41) is 8.60. The lowest BCUT2D eigenvalue weighted by Gasteiger charge is -2.19. The van der Waals surface area contributed by atoms with Crippen molar-refractivity contribution in [1.29, 1.82) is 0 Å². The van der Waals surface area contributed by atoms with Crippen LogP contribution in [0.1, 0.15) is 37.7 Å². The molecule has 0 aliphatic heterocycles. The molecule has 2 aromatic heterocycles. The lowest BCUT2D eigenvalue weighted by atomic mass is 10.2. The van der Waals surface area contributed by atoms with Crippen LogP contribution in [0.2, 0.25) is 0 Å². The molecule has 0 saturated carbocycles. The molecule has 0 spiro atoms. The summed E-state index contributed by atoms with van der Waals surface area (Å²) in [5.74, 6) is 0.746. The van der Waals surface area contributed by atoms with E-state index in [1.807, 2.05) is 87.7 Å².